The minimum atomic E-state index is -0.0448. The van der Waals surface area contributed by atoms with Gasteiger partial charge in [-0.3, -0.25) is 4.90 Å². The molecular formula is C11H23ClN2O. The van der Waals surface area contributed by atoms with Crippen LogP contribution in [0.2, 0.25) is 0 Å². The highest BCUT2D eigenvalue weighted by atomic mass is 35.5. The molecular weight excluding hydrogens is 212 g/mol. The Balaban J connectivity index is 0.00000112. The van der Waals surface area contributed by atoms with Gasteiger partial charge in [0, 0.05) is 18.6 Å². The number of nitrogens with one attached hydrogen (secondary N) is 1. The van der Waals surface area contributed by atoms with Crippen molar-refractivity contribution in [1.29, 1.82) is 0 Å². The van der Waals surface area contributed by atoms with E-state index >= 15 is 0 Å². The van der Waals surface area contributed by atoms with Gasteiger partial charge >= 0.3 is 0 Å². The molecule has 0 atom stereocenters. The Morgan fingerprint density at radius 1 is 1.20 bits per heavy atom. The molecule has 2 rings (SSSR count). The Kier molecular flexibility index (Phi) is 4.84. The lowest BCUT2D eigenvalue weighted by molar-refractivity contribution is 0.00848. The summed E-state index contributed by atoms with van der Waals surface area (Å²) in [6, 6.07) is 0. The highest BCUT2D eigenvalue weighted by Crippen LogP contribution is 2.28. The molecule has 2 saturated heterocycles. The Morgan fingerprint density at radius 3 is 2.27 bits per heavy atom. The van der Waals surface area contributed by atoms with Gasteiger partial charge in [0.15, 0.2) is 0 Å². The zero-order valence-corrected chi connectivity index (χ0v) is 10.4. The van der Waals surface area contributed by atoms with E-state index in [1.807, 2.05) is 0 Å². The molecule has 0 amide bonds. The number of hydrogen-bond donors (Lipinski definition) is 2. The van der Waals surface area contributed by atoms with Crippen molar-refractivity contribution in [2.45, 2.75) is 44.2 Å². The Labute approximate surface area is 98.6 Å². The summed E-state index contributed by atoms with van der Waals surface area (Å²) in [5, 5.41) is 12.9. The molecule has 3 nitrogen and oxygen atoms in total. The number of rotatable bonds is 1. The van der Waals surface area contributed by atoms with Crippen LogP contribution in [0.3, 0.4) is 0 Å². The van der Waals surface area contributed by atoms with Crippen LogP contribution in [-0.4, -0.2) is 47.8 Å². The summed E-state index contributed by atoms with van der Waals surface area (Å²) >= 11 is 0. The minimum absolute atomic E-state index is 0. The van der Waals surface area contributed by atoms with Crippen molar-refractivity contribution < 1.29 is 5.11 Å². The summed E-state index contributed by atoms with van der Waals surface area (Å²) in [5.41, 5.74) is 0.394. The predicted octanol–water partition coefficient (Wildman–Crippen LogP) is 1.01. The molecule has 0 saturated carbocycles. The van der Waals surface area contributed by atoms with Crippen LogP contribution in [0.5, 0.6) is 0 Å². The molecule has 2 aliphatic rings. The van der Waals surface area contributed by atoms with Gasteiger partial charge in [0.2, 0.25) is 0 Å². The molecule has 0 bridgehead atoms. The zero-order chi connectivity index (χ0) is 10.0. The van der Waals surface area contributed by atoms with E-state index in [2.05, 4.69) is 17.1 Å². The van der Waals surface area contributed by atoms with Crippen molar-refractivity contribution in [3.63, 3.8) is 0 Å². The van der Waals surface area contributed by atoms with Crippen LogP contribution < -0.4 is 5.32 Å². The first-order chi connectivity index (χ1) is 6.71. The molecule has 2 aliphatic heterocycles. The van der Waals surface area contributed by atoms with Crippen molar-refractivity contribution in [2.75, 3.05) is 26.2 Å². The lowest BCUT2D eigenvalue weighted by Crippen LogP contribution is -2.55. The molecule has 4 heteroatoms. The number of halogens is 1. The molecule has 2 fully saturated rings. The van der Waals surface area contributed by atoms with Crippen LogP contribution in [0, 0.1) is 0 Å². The molecule has 0 aromatic rings. The topological polar surface area (TPSA) is 35.5 Å². The van der Waals surface area contributed by atoms with Gasteiger partial charge in [0.05, 0.1) is 6.10 Å². The first-order valence-electron chi connectivity index (χ1n) is 5.84. The lowest BCUT2D eigenvalue weighted by Gasteiger charge is -2.46. The van der Waals surface area contributed by atoms with E-state index in [1.54, 1.807) is 0 Å². The normalized spacial score (nSPS) is 28.4. The first kappa shape index (κ1) is 13.2. The maximum Gasteiger partial charge on any atom is 0.0564 e. The summed E-state index contributed by atoms with van der Waals surface area (Å²) < 4.78 is 0. The van der Waals surface area contributed by atoms with E-state index in [1.165, 1.54) is 12.8 Å². The lowest BCUT2D eigenvalue weighted by atomic mass is 9.86. The van der Waals surface area contributed by atoms with Crippen molar-refractivity contribution in [2.24, 2.45) is 0 Å². The van der Waals surface area contributed by atoms with Gasteiger partial charge in [-0.1, -0.05) is 0 Å². The fourth-order valence-corrected chi connectivity index (χ4v) is 2.69. The van der Waals surface area contributed by atoms with Crippen molar-refractivity contribution in [3.05, 3.63) is 0 Å². The smallest absolute Gasteiger partial charge is 0.0564 e. The third kappa shape index (κ3) is 3.06. The average molecular weight is 235 g/mol. The maximum absolute atomic E-state index is 9.47. The molecule has 0 unspecified atom stereocenters. The predicted molar refractivity (Wildman–Crippen MR) is 64.6 cm³/mol. The van der Waals surface area contributed by atoms with Crippen LogP contribution in [-0.2, 0) is 0 Å². The van der Waals surface area contributed by atoms with Gasteiger partial charge in [-0.15, -0.1) is 12.4 Å². The number of nitrogens with zero attached hydrogens (tertiary/aromatic N) is 1. The fourth-order valence-electron chi connectivity index (χ4n) is 2.69. The molecule has 15 heavy (non-hydrogen) atoms. The second-order valence-corrected chi connectivity index (χ2v) is 4.97. The number of aliphatic hydroxyl groups excluding tert-OH is 1. The van der Waals surface area contributed by atoms with Gasteiger partial charge < -0.3 is 10.4 Å². The summed E-state index contributed by atoms with van der Waals surface area (Å²) in [6.45, 7) is 6.84. The number of piperidine rings is 2. The fraction of sp³-hybridized carbons (Fsp3) is 1.00. The van der Waals surface area contributed by atoms with Gasteiger partial charge in [-0.25, -0.2) is 0 Å². The van der Waals surface area contributed by atoms with Crippen LogP contribution >= 0.6 is 12.4 Å². The molecule has 2 N–H and O–H groups in total. The monoisotopic (exact) mass is 234 g/mol. The van der Waals surface area contributed by atoms with Gasteiger partial charge in [0.1, 0.15) is 0 Å². The molecule has 0 spiro atoms. The highest BCUT2D eigenvalue weighted by Gasteiger charge is 2.34. The van der Waals surface area contributed by atoms with E-state index in [9.17, 15) is 5.11 Å². The quantitative estimate of drug-likeness (QED) is 0.711. The second-order valence-electron chi connectivity index (χ2n) is 4.97. The van der Waals surface area contributed by atoms with E-state index in [-0.39, 0.29) is 18.5 Å². The average Bonchev–Trinajstić information content (AvgIpc) is 2.19. The summed E-state index contributed by atoms with van der Waals surface area (Å²) in [7, 11) is 0. The molecule has 0 radical (unpaired) electrons. The van der Waals surface area contributed by atoms with E-state index in [0.29, 0.717) is 5.54 Å². The summed E-state index contributed by atoms with van der Waals surface area (Å²) in [4.78, 5) is 2.58. The van der Waals surface area contributed by atoms with Crippen molar-refractivity contribution >= 4 is 12.4 Å². The van der Waals surface area contributed by atoms with E-state index < -0.39 is 0 Å². The Bertz CT molecular complexity index is 187. The maximum atomic E-state index is 9.47. The Hall–Kier alpha value is 0.170. The highest BCUT2D eigenvalue weighted by molar-refractivity contribution is 5.85. The number of hydrogen-bond acceptors (Lipinski definition) is 3. The third-order valence-electron chi connectivity index (χ3n) is 3.91. The van der Waals surface area contributed by atoms with Crippen LogP contribution in [0.15, 0.2) is 0 Å². The number of likely N-dealkylation sites (tertiary alicyclic amines) is 1. The molecule has 0 aromatic carbocycles. The Morgan fingerprint density at radius 2 is 1.73 bits per heavy atom. The first-order valence-corrected chi connectivity index (χ1v) is 5.84. The molecule has 0 aromatic heterocycles. The third-order valence-corrected chi connectivity index (χ3v) is 3.91. The van der Waals surface area contributed by atoms with E-state index in [4.69, 9.17) is 0 Å². The zero-order valence-electron chi connectivity index (χ0n) is 9.54. The van der Waals surface area contributed by atoms with Crippen LogP contribution in [0.4, 0.5) is 0 Å². The SMILES string of the molecule is CC1(N2CCC(O)CC2)CCNCC1.Cl. The van der Waals surface area contributed by atoms with Gasteiger partial charge in [-0.05, 0) is 45.7 Å². The van der Waals surface area contributed by atoms with Crippen LogP contribution in [0.1, 0.15) is 32.6 Å². The van der Waals surface area contributed by atoms with Crippen LogP contribution in [0.25, 0.3) is 0 Å². The van der Waals surface area contributed by atoms with E-state index in [0.717, 1.165) is 39.0 Å². The largest absolute Gasteiger partial charge is 0.393 e. The molecule has 0 aliphatic carbocycles. The summed E-state index contributed by atoms with van der Waals surface area (Å²) in [5.74, 6) is 0. The minimum Gasteiger partial charge on any atom is -0.393 e. The second kappa shape index (κ2) is 5.48. The van der Waals surface area contributed by atoms with Crippen molar-refractivity contribution in [1.82, 2.24) is 10.2 Å². The molecule has 2 heterocycles. The van der Waals surface area contributed by atoms with Crippen molar-refractivity contribution in [3.8, 4) is 0 Å². The molecule has 90 valence electrons. The van der Waals surface area contributed by atoms with Gasteiger partial charge in [0.25, 0.3) is 0 Å². The summed E-state index contributed by atoms with van der Waals surface area (Å²) in [6.07, 6.45) is 4.38. The number of aliphatic hydroxyl groups is 1. The van der Waals surface area contributed by atoms with Gasteiger partial charge in [-0.2, -0.15) is 0 Å². The standard InChI is InChI=1S/C11H22N2O.ClH/c1-11(4-6-12-7-5-11)13-8-2-10(14)3-9-13;/h10,12,14H,2-9H2,1H3;1H.